The van der Waals surface area contributed by atoms with Crippen LogP contribution < -0.4 is 0 Å². The van der Waals surface area contributed by atoms with Gasteiger partial charge in [0.1, 0.15) is 6.54 Å². The number of ether oxygens (including phenoxy) is 1. The molecule has 0 N–H and O–H groups in total. The van der Waals surface area contributed by atoms with Gasteiger partial charge in [-0.15, -0.1) is 0 Å². The van der Waals surface area contributed by atoms with E-state index in [1.54, 1.807) is 11.7 Å². The second-order valence-corrected chi connectivity index (χ2v) is 4.23. The third-order valence-corrected chi connectivity index (χ3v) is 2.66. The van der Waals surface area contributed by atoms with Crippen molar-refractivity contribution < 1.29 is 14.3 Å². The molecular weight excluding hydrogens is 234 g/mol. The van der Waals surface area contributed by atoms with Crippen molar-refractivity contribution in [3.8, 4) is 0 Å². The topological polar surface area (TPSA) is 64.4 Å². The highest BCUT2D eigenvalue weighted by Gasteiger charge is 2.13. The highest BCUT2D eigenvalue weighted by molar-refractivity contribution is 5.81. The molecule has 6 heteroatoms. The van der Waals surface area contributed by atoms with Gasteiger partial charge in [-0.1, -0.05) is 0 Å². The number of carbonyl (C=O) groups excluding carboxylic acids is 2. The van der Waals surface area contributed by atoms with Crippen LogP contribution in [0.2, 0.25) is 0 Å². The van der Waals surface area contributed by atoms with Gasteiger partial charge in [-0.05, 0) is 19.9 Å². The van der Waals surface area contributed by atoms with Crippen LogP contribution in [0.4, 0.5) is 0 Å². The summed E-state index contributed by atoms with van der Waals surface area (Å²) in [5, 5.41) is 4.27. The van der Waals surface area contributed by atoms with Crippen molar-refractivity contribution in [3.05, 3.63) is 17.5 Å². The van der Waals surface area contributed by atoms with Crippen molar-refractivity contribution >= 4 is 11.9 Å². The number of aromatic nitrogens is 2. The number of carbonyl (C=O) groups is 2. The average Bonchev–Trinajstić information content (AvgIpc) is 2.64. The van der Waals surface area contributed by atoms with E-state index in [2.05, 4.69) is 9.84 Å². The zero-order valence-electron chi connectivity index (χ0n) is 11.3. The highest BCUT2D eigenvalue weighted by atomic mass is 16.5. The normalized spacial score (nSPS) is 10.2. The Labute approximate surface area is 107 Å². The number of hydrogen-bond donors (Lipinski definition) is 0. The summed E-state index contributed by atoms with van der Waals surface area (Å²) in [5.41, 5.74) is 1.96. The zero-order chi connectivity index (χ0) is 13.7. The predicted molar refractivity (Wildman–Crippen MR) is 66.0 cm³/mol. The number of nitrogens with zero attached hydrogens (tertiary/aromatic N) is 3. The van der Waals surface area contributed by atoms with Gasteiger partial charge in [-0.25, -0.2) is 0 Å². The Balaban J connectivity index is 2.46. The average molecular weight is 253 g/mol. The third-order valence-electron chi connectivity index (χ3n) is 2.66. The Bertz CT molecular complexity index is 440. The van der Waals surface area contributed by atoms with Crippen molar-refractivity contribution in [2.45, 2.75) is 26.8 Å². The van der Waals surface area contributed by atoms with Crippen LogP contribution >= 0.6 is 0 Å². The maximum atomic E-state index is 11.8. The Kier molecular flexibility index (Phi) is 4.88. The molecule has 1 heterocycles. The standard InChI is InChI=1S/C12H19N3O3/c1-9-7-10(2)15(13-9)6-5-11(16)14(3)8-12(17)18-4/h7H,5-6,8H2,1-4H3. The second kappa shape index (κ2) is 6.18. The van der Waals surface area contributed by atoms with Crippen LogP contribution in [-0.2, 0) is 20.9 Å². The Morgan fingerprint density at radius 2 is 2.11 bits per heavy atom. The number of aryl methyl sites for hydroxylation is 3. The minimum Gasteiger partial charge on any atom is -0.468 e. The molecule has 0 aliphatic carbocycles. The van der Waals surface area contributed by atoms with E-state index in [-0.39, 0.29) is 12.5 Å². The summed E-state index contributed by atoms with van der Waals surface area (Å²) < 4.78 is 6.30. The lowest BCUT2D eigenvalue weighted by Crippen LogP contribution is -2.33. The van der Waals surface area contributed by atoms with Crippen LogP contribution in [0, 0.1) is 13.8 Å². The van der Waals surface area contributed by atoms with E-state index in [1.807, 2.05) is 19.9 Å². The van der Waals surface area contributed by atoms with Gasteiger partial charge in [0.2, 0.25) is 5.91 Å². The monoisotopic (exact) mass is 253 g/mol. The molecule has 1 rings (SSSR count). The molecular formula is C12H19N3O3. The molecule has 18 heavy (non-hydrogen) atoms. The number of esters is 1. The number of hydrogen-bond acceptors (Lipinski definition) is 4. The lowest BCUT2D eigenvalue weighted by molar-refractivity contribution is -0.146. The lowest BCUT2D eigenvalue weighted by Gasteiger charge is -2.15. The number of methoxy groups -OCH3 is 1. The molecule has 0 unspecified atom stereocenters. The van der Waals surface area contributed by atoms with Gasteiger partial charge in [0.05, 0.1) is 12.8 Å². The van der Waals surface area contributed by atoms with Gasteiger partial charge in [-0.2, -0.15) is 5.10 Å². The molecule has 100 valence electrons. The van der Waals surface area contributed by atoms with Crippen LogP contribution in [0.15, 0.2) is 6.07 Å². The van der Waals surface area contributed by atoms with E-state index < -0.39 is 5.97 Å². The maximum Gasteiger partial charge on any atom is 0.325 e. The predicted octanol–water partition coefficient (Wildman–Crippen LogP) is 0.521. The van der Waals surface area contributed by atoms with Gasteiger partial charge in [0, 0.05) is 25.7 Å². The Morgan fingerprint density at radius 1 is 1.44 bits per heavy atom. The van der Waals surface area contributed by atoms with Crippen molar-refractivity contribution in [2.24, 2.45) is 0 Å². The summed E-state index contributed by atoms with van der Waals surface area (Å²) >= 11 is 0. The Morgan fingerprint density at radius 3 is 2.61 bits per heavy atom. The molecule has 0 saturated heterocycles. The zero-order valence-corrected chi connectivity index (χ0v) is 11.3. The summed E-state index contributed by atoms with van der Waals surface area (Å²) in [6, 6.07) is 1.96. The van der Waals surface area contributed by atoms with Crippen LogP contribution in [0.3, 0.4) is 0 Å². The summed E-state index contributed by atoms with van der Waals surface area (Å²) in [6.07, 6.45) is 0.315. The molecule has 0 spiro atoms. The molecule has 1 amide bonds. The summed E-state index contributed by atoms with van der Waals surface area (Å²) in [6.45, 7) is 4.35. The lowest BCUT2D eigenvalue weighted by atomic mass is 10.3. The van der Waals surface area contributed by atoms with E-state index in [1.165, 1.54) is 12.0 Å². The fourth-order valence-electron chi connectivity index (χ4n) is 1.64. The fraction of sp³-hybridized carbons (Fsp3) is 0.583. The van der Waals surface area contributed by atoms with Crippen molar-refractivity contribution in [1.29, 1.82) is 0 Å². The molecule has 0 fully saturated rings. The van der Waals surface area contributed by atoms with E-state index in [0.717, 1.165) is 11.4 Å². The number of amides is 1. The quantitative estimate of drug-likeness (QED) is 0.718. The highest BCUT2D eigenvalue weighted by Crippen LogP contribution is 2.03. The molecule has 1 aromatic rings. The molecule has 0 aliphatic rings. The van der Waals surface area contributed by atoms with Gasteiger partial charge >= 0.3 is 5.97 Å². The summed E-state index contributed by atoms with van der Waals surface area (Å²) in [7, 11) is 2.89. The van der Waals surface area contributed by atoms with Crippen LogP contribution in [0.5, 0.6) is 0 Å². The number of likely N-dealkylation sites (N-methyl/N-ethyl adjacent to an activating group) is 1. The van der Waals surface area contributed by atoms with Gasteiger partial charge in [-0.3, -0.25) is 14.3 Å². The minimum absolute atomic E-state index is 0.0214. The minimum atomic E-state index is -0.419. The molecule has 0 aliphatic heterocycles. The first-order valence-corrected chi connectivity index (χ1v) is 5.76. The summed E-state index contributed by atoms with van der Waals surface area (Å²) in [4.78, 5) is 24.1. The molecule has 0 saturated carbocycles. The smallest absolute Gasteiger partial charge is 0.325 e. The molecule has 0 radical (unpaired) electrons. The first kappa shape index (κ1) is 14.2. The summed E-state index contributed by atoms with van der Waals surface area (Å²) in [5.74, 6) is -0.523. The molecule has 6 nitrogen and oxygen atoms in total. The molecule has 0 bridgehead atoms. The van der Waals surface area contributed by atoms with Crippen LogP contribution in [-0.4, -0.2) is 47.3 Å². The van der Waals surface area contributed by atoms with E-state index in [0.29, 0.717) is 13.0 Å². The molecule has 1 aromatic heterocycles. The molecule has 0 atom stereocenters. The van der Waals surface area contributed by atoms with E-state index in [4.69, 9.17) is 0 Å². The Hall–Kier alpha value is -1.85. The SMILES string of the molecule is COC(=O)CN(C)C(=O)CCn1nc(C)cc1C. The van der Waals surface area contributed by atoms with E-state index in [9.17, 15) is 9.59 Å². The van der Waals surface area contributed by atoms with Gasteiger partial charge in [0.25, 0.3) is 0 Å². The maximum absolute atomic E-state index is 11.8. The first-order chi connectivity index (χ1) is 8.43. The third kappa shape index (κ3) is 3.87. The van der Waals surface area contributed by atoms with Crippen molar-refractivity contribution in [1.82, 2.24) is 14.7 Å². The largest absolute Gasteiger partial charge is 0.468 e. The van der Waals surface area contributed by atoms with Gasteiger partial charge in [0.15, 0.2) is 0 Å². The van der Waals surface area contributed by atoms with Crippen LogP contribution in [0.25, 0.3) is 0 Å². The van der Waals surface area contributed by atoms with Gasteiger partial charge < -0.3 is 9.64 Å². The van der Waals surface area contributed by atoms with Crippen molar-refractivity contribution in [2.75, 3.05) is 20.7 Å². The fourth-order valence-corrected chi connectivity index (χ4v) is 1.64. The number of rotatable bonds is 5. The van der Waals surface area contributed by atoms with E-state index >= 15 is 0 Å². The molecule has 0 aromatic carbocycles. The first-order valence-electron chi connectivity index (χ1n) is 5.76. The van der Waals surface area contributed by atoms with Crippen LogP contribution in [0.1, 0.15) is 17.8 Å². The second-order valence-electron chi connectivity index (χ2n) is 4.23. The van der Waals surface area contributed by atoms with Crippen molar-refractivity contribution in [3.63, 3.8) is 0 Å².